The lowest BCUT2D eigenvalue weighted by atomic mass is 9.99. The number of sulfonamides is 1. The Morgan fingerprint density at radius 3 is 2.84 bits per heavy atom. The van der Waals surface area contributed by atoms with Gasteiger partial charge in [0, 0.05) is 0 Å². The van der Waals surface area contributed by atoms with Crippen LogP contribution in [0.3, 0.4) is 0 Å². The standard InChI is InChI=1S/C19H19ClF2N4O4S/c1-31(28,29)25-17-13(21)9-26-14(17)7-10-3-2-4-15(16(10)22)30-18-12(20)6-5-11(24-18)8-23-19(26)27/h2-6,13-14,17,25H,7-9H2,1H3,(H,23,27)/t13-,14-,17-/m0/s1. The van der Waals surface area contributed by atoms with E-state index in [1.54, 1.807) is 6.07 Å². The molecule has 0 aliphatic carbocycles. The highest BCUT2D eigenvalue weighted by Crippen LogP contribution is 2.33. The molecule has 31 heavy (non-hydrogen) atoms. The second-order valence-electron chi connectivity index (χ2n) is 7.44. The van der Waals surface area contributed by atoms with Crippen molar-refractivity contribution < 1.29 is 26.7 Å². The Balaban J connectivity index is 1.79. The smallest absolute Gasteiger partial charge is 0.318 e. The van der Waals surface area contributed by atoms with Gasteiger partial charge in [-0.2, -0.15) is 0 Å². The van der Waals surface area contributed by atoms with Gasteiger partial charge in [0.15, 0.2) is 11.6 Å². The third-order valence-corrected chi connectivity index (χ3v) is 6.15. The first-order chi connectivity index (χ1) is 14.6. The van der Waals surface area contributed by atoms with Crippen molar-refractivity contribution in [1.82, 2.24) is 19.9 Å². The molecule has 0 spiro atoms. The van der Waals surface area contributed by atoms with Gasteiger partial charge in [-0.05, 0) is 30.2 Å². The van der Waals surface area contributed by atoms with Gasteiger partial charge in [0.05, 0.1) is 37.1 Å². The molecule has 4 rings (SSSR count). The zero-order chi connectivity index (χ0) is 22.3. The molecule has 2 aliphatic rings. The minimum atomic E-state index is -3.78. The van der Waals surface area contributed by atoms with Crippen LogP contribution >= 0.6 is 11.6 Å². The number of alkyl halides is 1. The van der Waals surface area contributed by atoms with Crippen LogP contribution in [0.4, 0.5) is 13.6 Å². The summed E-state index contributed by atoms with van der Waals surface area (Å²) >= 11 is 6.11. The van der Waals surface area contributed by atoms with Gasteiger partial charge in [-0.25, -0.2) is 31.7 Å². The molecule has 8 nitrogen and oxygen atoms in total. The van der Waals surface area contributed by atoms with Gasteiger partial charge in [0.25, 0.3) is 0 Å². The first kappa shape index (κ1) is 21.7. The normalized spacial score (nSPS) is 23.7. The van der Waals surface area contributed by atoms with E-state index in [1.165, 1.54) is 29.2 Å². The van der Waals surface area contributed by atoms with Gasteiger partial charge in [-0.3, -0.25) is 0 Å². The Morgan fingerprint density at radius 2 is 2.10 bits per heavy atom. The van der Waals surface area contributed by atoms with Crippen molar-refractivity contribution in [3.05, 3.63) is 52.4 Å². The van der Waals surface area contributed by atoms with Gasteiger partial charge in [0.2, 0.25) is 15.9 Å². The number of fused-ring (bicyclic) bond motifs is 5. The molecule has 2 aromatic rings. The quantitative estimate of drug-likeness (QED) is 0.699. The number of carbonyl (C=O) groups is 1. The molecular formula is C19H19ClF2N4O4S. The summed E-state index contributed by atoms with van der Waals surface area (Å²) in [5.74, 6) is -0.896. The molecule has 166 valence electrons. The summed E-state index contributed by atoms with van der Waals surface area (Å²) in [5, 5.41) is 2.80. The summed E-state index contributed by atoms with van der Waals surface area (Å²) < 4.78 is 61.4. The third-order valence-electron chi connectivity index (χ3n) is 5.16. The van der Waals surface area contributed by atoms with Crippen LogP contribution in [0.5, 0.6) is 11.6 Å². The van der Waals surface area contributed by atoms with E-state index in [1.807, 2.05) is 0 Å². The maximum atomic E-state index is 15.2. The van der Waals surface area contributed by atoms with Crippen LogP contribution in [0.2, 0.25) is 5.02 Å². The van der Waals surface area contributed by atoms with Gasteiger partial charge < -0.3 is 15.0 Å². The van der Waals surface area contributed by atoms with Gasteiger partial charge >= 0.3 is 6.03 Å². The number of nitrogens with one attached hydrogen (secondary N) is 2. The second kappa shape index (κ2) is 8.21. The van der Waals surface area contributed by atoms with Crippen molar-refractivity contribution in [2.24, 2.45) is 0 Å². The maximum absolute atomic E-state index is 15.2. The number of benzene rings is 1. The monoisotopic (exact) mass is 472 g/mol. The van der Waals surface area contributed by atoms with Crippen molar-refractivity contribution >= 4 is 27.7 Å². The maximum Gasteiger partial charge on any atom is 0.318 e. The van der Waals surface area contributed by atoms with Crippen LogP contribution in [0.1, 0.15) is 11.3 Å². The summed E-state index contributed by atoms with van der Waals surface area (Å²) in [6.07, 6.45) is -0.900. The average Bonchev–Trinajstić information content (AvgIpc) is 2.99. The molecule has 4 bridgehead atoms. The highest BCUT2D eigenvalue weighted by molar-refractivity contribution is 7.88. The molecule has 1 fully saturated rings. The molecule has 1 saturated heterocycles. The number of pyridine rings is 1. The van der Waals surface area contributed by atoms with Gasteiger partial charge in [0.1, 0.15) is 11.2 Å². The highest BCUT2D eigenvalue weighted by Gasteiger charge is 2.46. The van der Waals surface area contributed by atoms with Crippen LogP contribution in [0.25, 0.3) is 0 Å². The summed E-state index contributed by atoms with van der Waals surface area (Å²) in [6.45, 7) is -0.364. The Kier molecular flexibility index (Phi) is 5.75. The lowest BCUT2D eigenvalue weighted by Gasteiger charge is -2.28. The summed E-state index contributed by atoms with van der Waals surface area (Å²) in [5.41, 5.74) is 0.517. The van der Waals surface area contributed by atoms with Gasteiger partial charge in [-0.1, -0.05) is 23.7 Å². The van der Waals surface area contributed by atoms with E-state index < -0.39 is 40.1 Å². The van der Waals surface area contributed by atoms with Gasteiger partial charge in [-0.15, -0.1) is 0 Å². The number of halogens is 3. The summed E-state index contributed by atoms with van der Waals surface area (Å²) in [7, 11) is -3.78. The average molecular weight is 473 g/mol. The minimum absolute atomic E-state index is 0.0171. The first-order valence-electron chi connectivity index (χ1n) is 9.39. The van der Waals surface area contributed by atoms with E-state index in [0.29, 0.717) is 5.69 Å². The van der Waals surface area contributed by atoms with Crippen LogP contribution < -0.4 is 14.8 Å². The van der Waals surface area contributed by atoms with Crippen molar-refractivity contribution in [2.45, 2.75) is 31.2 Å². The van der Waals surface area contributed by atoms with Crippen molar-refractivity contribution in [3.8, 4) is 11.6 Å². The number of amides is 2. The Morgan fingerprint density at radius 1 is 1.32 bits per heavy atom. The molecule has 2 amide bonds. The lowest BCUT2D eigenvalue weighted by Crippen LogP contribution is -2.51. The zero-order valence-electron chi connectivity index (χ0n) is 16.3. The number of hydrogen-bond acceptors (Lipinski definition) is 5. The van der Waals surface area contributed by atoms with Crippen LogP contribution in [0.15, 0.2) is 30.3 Å². The molecule has 3 heterocycles. The lowest BCUT2D eigenvalue weighted by molar-refractivity contribution is 0.187. The number of carbonyl (C=O) groups excluding carboxylic acids is 1. The molecule has 2 aliphatic heterocycles. The van der Waals surface area contributed by atoms with Crippen LogP contribution in [-0.2, 0) is 23.0 Å². The van der Waals surface area contributed by atoms with Crippen LogP contribution in [0, 0.1) is 5.82 Å². The molecule has 3 atom stereocenters. The third kappa shape index (κ3) is 4.58. The topological polar surface area (TPSA) is 101 Å². The van der Waals surface area contributed by atoms with Crippen molar-refractivity contribution in [2.75, 3.05) is 12.8 Å². The number of aromatic nitrogens is 1. The SMILES string of the molecule is CS(=O)(=O)N[C@H]1[C@@H](F)CN2C(=O)NCc3ccc(Cl)c(n3)Oc3cccc(c3F)C[C@@H]12. The molecule has 0 radical (unpaired) electrons. The molecule has 0 unspecified atom stereocenters. The number of ether oxygens (including phenoxy) is 1. The number of rotatable bonds is 2. The van der Waals surface area contributed by atoms with E-state index in [-0.39, 0.29) is 41.7 Å². The van der Waals surface area contributed by atoms with E-state index in [4.69, 9.17) is 16.3 Å². The van der Waals surface area contributed by atoms with E-state index >= 15 is 4.39 Å². The fourth-order valence-corrected chi connectivity index (χ4v) is 4.71. The second-order valence-corrected chi connectivity index (χ2v) is 9.62. The molecule has 12 heteroatoms. The number of hydrogen-bond donors (Lipinski definition) is 2. The Labute approximate surface area is 182 Å². The van der Waals surface area contributed by atoms with E-state index in [9.17, 15) is 17.6 Å². The summed E-state index contributed by atoms with van der Waals surface area (Å²) in [4.78, 5) is 18.2. The zero-order valence-corrected chi connectivity index (χ0v) is 17.9. The fraction of sp³-hybridized carbons (Fsp3) is 0.368. The molecular weight excluding hydrogens is 454 g/mol. The number of nitrogens with zero attached hydrogens (tertiary/aromatic N) is 2. The van der Waals surface area contributed by atoms with Crippen molar-refractivity contribution in [3.63, 3.8) is 0 Å². The van der Waals surface area contributed by atoms with Crippen molar-refractivity contribution in [1.29, 1.82) is 0 Å². The fourth-order valence-electron chi connectivity index (χ4n) is 3.76. The predicted octanol–water partition coefficient (Wildman–Crippen LogP) is 2.37. The Hall–Kier alpha value is -2.50. The minimum Gasteiger partial charge on any atom is -0.434 e. The van der Waals surface area contributed by atoms with E-state index in [0.717, 1.165) is 6.26 Å². The largest absolute Gasteiger partial charge is 0.434 e. The molecule has 0 saturated carbocycles. The van der Waals surface area contributed by atoms with Crippen LogP contribution in [-0.4, -0.2) is 55.4 Å². The predicted molar refractivity (Wildman–Crippen MR) is 109 cm³/mol. The molecule has 2 N–H and O–H groups in total. The first-order valence-corrected chi connectivity index (χ1v) is 11.7. The molecule has 1 aromatic carbocycles. The Bertz CT molecular complexity index is 1130. The highest BCUT2D eigenvalue weighted by atomic mass is 35.5. The molecule has 1 aromatic heterocycles. The van der Waals surface area contributed by atoms with E-state index in [2.05, 4.69) is 15.0 Å². The number of urea groups is 1. The summed E-state index contributed by atoms with van der Waals surface area (Å²) in [6, 6.07) is 4.65.